The second-order valence-corrected chi connectivity index (χ2v) is 4.79. The fourth-order valence-corrected chi connectivity index (χ4v) is 2.35. The zero-order valence-electron chi connectivity index (χ0n) is 8.09. The Morgan fingerprint density at radius 3 is 3.00 bits per heavy atom. The summed E-state index contributed by atoms with van der Waals surface area (Å²) < 4.78 is 4.82. The van der Waals surface area contributed by atoms with E-state index < -0.39 is 0 Å². The third-order valence-electron chi connectivity index (χ3n) is 1.96. The number of halogens is 1. The Labute approximate surface area is 100 Å². The summed E-state index contributed by atoms with van der Waals surface area (Å²) in [6, 6.07) is 1.97. The van der Waals surface area contributed by atoms with Crippen LogP contribution < -0.4 is 4.90 Å². The maximum atomic E-state index is 4.03. The van der Waals surface area contributed by atoms with Crippen molar-refractivity contribution >= 4 is 33.1 Å². The van der Waals surface area contributed by atoms with Gasteiger partial charge in [0, 0.05) is 19.4 Å². The van der Waals surface area contributed by atoms with Crippen molar-refractivity contribution in [2.45, 2.75) is 6.54 Å². The molecule has 0 amide bonds. The van der Waals surface area contributed by atoms with E-state index >= 15 is 0 Å². The number of anilines is 1. The molecule has 0 aliphatic rings. The molecule has 0 unspecified atom stereocenters. The van der Waals surface area contributed by atoms with Crippen LogP contribution in [0.4, 0.5) is 5.69 Å². The molecule has 0 bridgehead atoms. The standard InChI is InChI=1S/C9H9BrN4S/c1-14(6-7-4-12-13-15-7)9-2-3-11-5-8(9)10/h2-5H,6H2,1H3. The summed E-state index contributed by atoms with van der Waals surface area (Å²) in [4.78, 5) is 7.29. The van der Waals surface area contributed by atoms with Crippen molar-refractivity contribution in [1.29, 1.82) is 0 Å². The van der Waals surface area contributed by atoms with Crippen LogP contribution in [0.1, 0.15) is 4.88 Å². The molecule has 2 aromatic rings. The largest absolute Gasteiger partial charge is 0.368 e. The molecule has 0 fully saturated rings. The van der Waals surface area contributed by atoms with Crippen LogP contribution in [0.2, 0.25) is 0 Å². The van der Waals surface area contributed by atoms with Crippen molar-refractivity contribution in [2.24, 2.45) is 0 Å². The van der Waals surface area contributed by atoms with Gasteiger partial charge in [-0.3, -0.25) is 4.98 Å². The Kier molecular flexibility index (Phi) is 3.27. The lowest BCUT2D eigenvalue weighted by atomic mass is 10.3. The van der Waals surface area contributed by atoms with Crippen LogP contribution >= 0.6 is 27.5 Å². The average Bonchev–Trinajstić information content (AvgIpc) is 2.71. The quantitative estimate of drug-likeness (QED) is 0.868. The monoisotopic (exact) mass is 284 g/mol. The first-order valence-corrected chi connectivity index (χ1v) is 5.91. The third-order valence-corrected chi connectivity index (χ3v) is 3.22. The van der Waals surface area contributed by atoms with E-state index in [4.69, 9.17) is 0 Å². The lowest BCUT2D eigenvalue weighted by Crippen LogP contribution is -2.16. The van der Waals surface area contributed by atoms with Gasteiger partial charge in [-0.2, -0.15) is 0 Å². The first-order valence-electron chi connectivity index (χ1n) is 4.34. The number of rotatable bonds is 3. The van der Waals surface area contributed by atoms with Gasteiger partial charge in [0.2, 0.25) is 0 Å². The van der Waals surface area contributed by atoms with Crippen molar-refractivity contribution in [3.63, 3.8) is 0 Å². The van der Waals surface area contributed by atoms with Gasteiger partial charge in [0.1, 0.15) is 0 Å². The van der Waals surface area contributed by atoms with Gasteiger partial charge in [-0.15, -0.1) is 5.10 Å². The molecule has 0 aromatic carbocycles. The highest BCUT2D eigenvalue weighted by atomic mass is 79.9. The highest BCUT2D eigenvalue weighted by Gasteiger charge is 2.07. The minimum atomic E-state index is 0.806. The van der Waals surface area contributed by atoms with Crippen molar-refractivity contribution in [3.05, 3.63) is 34.0 Å². The fraction of sp³-hybridized carbons (Fsp3) is 0.222. The van der Waals surface area contributed by atoms with E-state index in [9.17, 15) is 0 Å². The minimum Gasteiger partial charge on any atom is -0.368 e. The Morgan fingerprint density at radius 2 is 2.33 bits per heavy atom. The number of nitrogens with zero attached hydrogens (tertiary/aromatic N) is 4. The van der Waals surface area contributed by atoms with Crippen LogP contribution in [0.25, 0.3) is 0 Å². The van der Waals surface area contributed by atoms with E-state index in [1.165, 1.54) is 11.5 Å². The smallest absolute Gasteiger partial charge is 0.0671 e. The van der Waals surface area contributed by atoms with Gasteiger partial charge >= 0.3 is 0 Å². The van der Waals surface area contributed by atoms with Gasteiger partial charge in [0.15, 0.2) is 0 Å². The van der Waals surface area contributed by atoms with Crippen LogP contribution in [-0.2, 0) is 6.54 Å². The third kappa shape index (κ3) is 2.51. The predicted molar refractivity (Wildman–Crippen MR) is 64.0 cm³/mol. The van der Waals surface area contributed by atoms with Gasteiger partial charge in [-0.1, -0.05) is 4.49 Å². The number of hydrogen-bond donors (Lipinski definition) is 0. The molecule has 0 aliphatic carbocycles. The fourth-order valence-electron chi connectivity index (χ4n) is 1.25. The van der Waals surface area contributed by atoms with E-state index in [1.54, 1.807) is 18.6 Å². The van der Waals surface area contributed by atoms with E-state index in [2.05, 4.69) is 35.4 Å². The Balaban J connectivity index is 2.15. The normalized spacial score (nSPS) is 10.3. The summed E-state index contributed by atoms with van der Waals surface area (Å²) in [5.74, 6) is 0. The van der Waals surface area contributed by atoms with Crippen molar-refractivity contribution in [1.82, 2.24) is 14.6 Å². The van der Waals surface area contributed by atoms with Crippen LogP contribution in [-0.4, -0.2) is 21.6 Å². The summed E-state index contributed by atoms with van der Waals surface area (Å²) in [6.07, 6.45) is 5.36. The van der Waals surface area contributed by atoms with Crippen molar-refractivity contribution in [3.8, 4) is 0 Å². The maximum Gasteiger partial charge on any atom is 0.0671 e. The first-order chi connectivity index (χ1) is 7.27. The summed E-state index contributed by atoms with van der Waals surface area (Å²) in [5.41, 5.74) is 1.11. The molecule has 15 heavy (non-hydrogen) atoms. The number of aromatic nitrogens is 3. The molecule has 2 heterocycles. The maximum absolute atomic E-state index is 4.03. The van der Waals surface area contributed by atoms with Gasteiger partial charge in [-0.25, -0.2) is 0 Å². The zero-order chi connectivity index (χ0) is 10.7. The summed E-state index contributed by atoms with van der Waals surface area (Å²) >= 11 is 4.89. The van der Waals surface area contributed by atoms with Crippen molar-refractivity contribution < 1.29 is 0 Å². The van der Waals surface area contributed by atoms with Crippen LogP contribution in [0.15, 0.2) is 29.1 Å². The van der Waals surface area contributed by atoms with E-state index in [0.29, 0.717) is 0 Å². The molecule has 2 rings (SSSR count). The Bertz CT molecular complexity index is 431. The summed E-state index contributed by atoms with van der Waals surface area (Å²) in [6.45, 7) is 0.806. The summed E-state index contributed by atoms with van der Waals surface area (Å²) in [5, 5.41) is 3.81. The van der Waals surface area contributed by atoms with Gasteiger partial charge in [0.05, 0.1) is 27.8 Å². The molecule has 0 N–H and O–H groups in total. The molecular weight excluding hydrogens is 276 g/mol. The summed E-state index contributed by atoms with van der Waals surface area (Å²) in [7, 11) is 2.03. The van der Waals surface area contributed by atoms with Crippen molar-refractivity contribution in [2.75, 3.05) is 11.9 Å². The van der Waals surface area contributed by atoms with Crippen LogP contribution in [0.5, 0.6) is 0 Å². The molecule has 2 aromatic heterocycles. The molecule has 0 saturated heterocycles. The van der Waals surface area contributed by atoms with E-state index in [-0.39, 0.29) is 0 Å². The predicted octanol–water partition coefficient (Wildman–Crippen LogP) is 2.33. The molecular formula is C9H9BrN4S. The Morgan fingerprint density at radius 1 is 1.47 bits per heavy atom. The SMILES string of the molecule is CN(Cc1cnns1)c1ccncc1Br. The highest BCUT2D eigenvalue weighted by molar-refractivity contribution is 9.10. The number of pyridine rings is 1. The molecule has 6 heteroatoms. The molecule has 0 radical (unpaired) electrons. The molecule has 0 spiro atoms. The second-order valence-electron chi connectivity index (χ2n) is 3.07. The number of hydrogen-bond acceptors (Lipinski definition) is 5. The Hall–Kier alpha value is -1.01. The molecule has 0 atom stereocenters. The van der Waals surface area contributed by atoms with Crippen LogP contribution in [0, 0.1) is 0 Å². The zero-order valence-corrected chi connectivity index (χ0v) is 10.5. The topological polar surface area (TPSA) is 41.9 Å². The lowest BCUT2D eigenvalue weighted by Gasteiger charge is -2.18. The highest BCUT2D eigenvalue weighted by Crippen LogP contribution is 2.25. The van der Waals surface area contributed by atoms with E-state index in [1.807, 2.05) is 13.1 Å². The molecule has 0 saturated carbocycles. The molecule has 0 aliphatic heterocycles. The van der Waals surface area contributed by atoms with Crippen LogP contribution in [0.3, 0.4) is 0 Å². The molecule has 78 valence electrons. The van der Waals surface area contributed by atoms with Gasteiger partial charge in [-0.05, 0) is 33.5 Å². The lowest BCUT2D eigenvalue weighted by molar-refractivity contribution is 0.929. The minimum absolute atomic E-state index is 0.806. The second kappa shape index (κ2) is 4.67. The van der Waals surface area contributed by atoms with E-state index in [0.717, 1.165) is 21.6 Å². The molecule has 4 nitrogen and oxygen atoms in total. The first kappa shape index (κ1) is 10.5. The average molecular weight is 285 g/mol. The van der Waals surface area contributed by atoms with Gasteiger partial charge < -0.3 is 4.90 Å². The van der Waals surface area contributed by atoms with Gasteiger partial charge in [0.25, 0.3) is 0 Å².